The first kappa shape index (κ1) is 23.6. The molecule has 0 amide bonds. The summed E-state index contributed by atoms with van der Waals surface area (Å²) >= 11 is 6.03. The molecular formula is C29H30ClFN4. The lowest BCUT2D eigenvalue weighted by Crippen LogP contribution is -2.18. The minimum atomic E-state index is -0.408. The van der Waals surface area contributed by atoms with Crippen LogP contribution < -0.4 is 5.32 Å². The van der Waals surface area contributed by atoms with Crippen LogP contribution in [0.1, 0.15) is 55.7 Å². The summed E-state index contributed by atoms with van der Waals surface area (Å²) in [4.78, 5) is 8.91. The third-order valence-electron chi connectivity index (χ3n) is 7.07. The van der Waals surface area contributed by atoms with Crippen molar-refractivity contribution in [1.29, 1.82) is 0 Å². The van der Waals surface area contributed by atoms with Crippen molar-refractivity contribution < 1.29 is 4.39 Å². The molecule has 0 bridgehead atoms. The number of rotatable bonds is 8. The van der Waals surface area contributed by atoms with E-state index in [0.717, 1.165) is 44.9 Å². The molecule has 2 aromatic carbocycles. The van der Waals surface area contributed by atoms with Crippen LogP contribution in [0, 0.1) is 11.7 Å². The quantitative estimate of drug-likeness (QED) is 0.276. The highest BCUT2D eigenvalue weighted by molar-refractivity contribution is 6.30. The number of para-hydroxylation sites is 1. The molecule has 6 heteroatoms. The molecule has 0 saturated heterocycles. The first-order valence-corrected chi connectivity index (χ1v) is 12.7. The number of hydrogen-bond donors (Lipinski definition) is 1. The lowest BCUT2D eigenvalue weighted by molar-refractivity contribution is 0.492. The van der Waals surface area contributed by atoms with Gasteiger partial charge >= 0.3 is 0 Å². The molecule has 4 aromatic rings. The van der Waals surface area contributed by atoms with Crippen LogP contribution in [0.15, 0.2) is 67.8 Å². The van der Waals surface area contributed by atoms with Gasteiger partial charge in [0, 0.05) is 47.0 Å². The minimum Gasteiger partial charge on any atom is -0.367 e. The molecule has 0 aliphatic heterocycles. The van der Waals surface area contributed by atoms with Crippen molar-refractivity contribution in [3.8, 4) is 0 Å². The number of nitrogens with one attached hydrogen (secondary N) is 1. The molecule has 1 aliphatic rings. The van der Waals surface area contributed by atoms with Crippen LogP contribution in [-0.4, -0.2) is 20.6 Å². The van der Waals surface area contributed by atoms with E-state index >= 15 is 0 Å². The molecule has 2 unspecified atom stereocenters. The zero-order valence-corrected chi connectivity index (χ0v) is 20.7. The Morgan fingerprint density at radius 2 is 2.06 bits per heavy atom. The lowest BCUT2D eigenvalue weighted by atomic mass is 10.00. The van der Waals surface area contributed by atoms with Gasteiger partial charge in [0.2, 0.25) is 0 Å². The van der Waals surface area contributed by atoms with E-state index in [9.17, 15) is 4.39 Å². The molecule has 180 valence electrons. The summed E-state index contributed by atoms with van der Waals surface area (Å²) in [6.45, 7) is 7.30. The zero-order valence-electron chi connectivity index (χ0n) is 20.0. The van der Waals surface area contributed by atoms with Crippen molar-refractivity contribution in [3.63, 3.8) is 0 Å². The fraction of sp³-hybridized carbons (Fsp3) is 0.310. The van der Waals surface area contributed by atoms with Gasteiger partial charge < -0.3 is 9.88 Å². The van der Waals surface area contributed by atoms with Gasteiger partial charge in [-0.1, -0.05) is 62.2 Å². The van der Waals surface area contributed by atoms with Gasteiger partial charge in [0.25, 0.3) is 0 Å². The Hall–Kier alpha value is -3.18. The predicted octanol–water partition coefficient (Wildman–Crippen LogP) is 7.71. The molecule has 1 N–H and O–H groups in total. The van der Waals surface area contributed by atoms with E-state index in [-0.39, 0.29) is 5.02 Å². The zero-order chi connectivity index (χ0) is 24.4. The average Bonchev–Trinajstić information content (AvgIpc) is 3.46. The van der Waals surface area contributed by atoms with Crippen molar-refractivity contribution in [1.82, 2.24) is 14.5 Å². The van der Waals surface area contributed by atoms with Crippen molar-refractivity contribution in [2.45, 2.75) is 51.6 Å². The standard InChI is InChI=1S/C29H30ClFN4/c1-3-6-20-9-11-22(13-20)34-29-24(15-32-18-33-29)19(2)25-17-35(28-8-5-4-7-23(25)28)16-21-10-12-27(31)26(30)14-21/h4-5,7-8,10,12,14-15,17-18,20,22H,2-3,6,9,11,13,16H2,1H3,(H,32,33,34). The van der Waals surface area contributed by atoms with Crippen molar-refractivity contribution in [2.75, 3.05) is 5.32 Å². The van der Waals surface area contributed by atoms with E-state index in [1.807, 2.05) is 18.3 Å². The summed E-state index contributed by atoms with van der Waals surface area (Å²) in [7, 11) is 0. The Morgan fingerprint density at radius 3 is 2.89 bits per heavy atom. The van der Waals surface area contributed by atoms with Gasteiger partial charge in [-0.2, -0.15) is 0 Å². The van der Waals surface area contributed by atoms with Crippen LogP contribution in [0.4, 0.5) is 10.2 Å². The summed E-state index contributed by atoms with van der Waals surface area (Å²) in [6.07, 6.45) is 11.7. The molecular weight excluding hydrogens is 459 g/mol. The van der Waals surface area contributed by atoms with Crippen molar-refractivity contribution in [3.05, 3.63) is 95.3 Å². The number of nitrogens with zero attached hydrogens (tertiary/aromatic N) is 3. The van der Waals surface area contributed by atoms with Gasteiger partial charge in [0.1, 0.15) is 18.0 Å². The third kappa shape index (κ3) is 4.96. The van der Waals surface area contributed by atoms with Gasteiger partial charge in [-0.05, 0) is 54.5 Å². The smallest absolute Gasteiger partial charge is 0.141 e. The Balaban J connectivity index is 1.45. The Kier molecular flexibility index (Phi) is 6.87. The van der Waals surface area contributed by atoms with Crippen molar-refractivity contribution in [2.24, 2.45) is 5.92 Å². The van der Waals surface area contributed by atoms with Gasteiger partial charge in [-0.15, -0.1) is 0 Å². The maximum Gasteiger partial charge on any atom is 0.141 e. The second kappa shape index (κ2) is 10.2. The summed E-state index contributed by atoms with van der Waals surface area (Å²) < 4.78 is 15.8. The monoisotopic (exact) mass is 488 g/mol. The first-order valence-electron chi connectivity index (χ1n) is 12.3. The van der Waals surface area contributed by atoms with Gasteiger partial charge in [-0.3, -0.25) is 0 Å². The molecule has 2 atom stereocenters. The van der Waals surface area contributed by atoms with E-state index < -0.39 is 5.82 Å². The summed E-state index contributed by atoms with van der Waals surface area (Å²) in [5.41, 5.74) is 4.83. The SMILES string of the molecule is C=C(c1cncnc1NC1CCC(CCC)C1)c1cn(Cc2ccc(F)c(Cl)c2)c2ccccc12. The fourth-order valence-corrected chi connectivity index (χ4v) is 5.54. The minimum absolute atomic E-state index is 0.133. The molecule has 5 rings (SSSR count). The maximum absolute atomic E-state index is 13.7. The topological polar surface area (TPSA) is 42.7 Å². The van der Waals surface area contributed by atoms with Gasteiger partial charge in [-0.25, -0.2) is 14.4 Å². The van der Waals surface area contributed by atoms with Crippen LogP contribution >= 0.6 is 11.6 Å². The van der Waals surface area contributed by atoms with Crippen LogP contribution in [0.3, 0.4) is 0 Å². The van der Waals surface area contributed by atoms with E-state index in [1.54, 1.807) is 18.5 Å². The molecule has 0 spiro atoms. The fourth-order valence-electron chi connectivity index (χ4n) is 5.33. The normalized spacial score (nSPS) is 17.7. The van der Waals surface area contributed by atoms with Crippen molar-refractivity contribution >= 4 is 33.9 Å². The van der Waals surface area contributed by atoms with E-state index in [0.29, 0.717) is 12.6 Å². The van der Waals surface area contributed by atoms with Crippen LogP contribution in [-0.2, 0) is 6.54 Å². The third-order valence-corrected chi connectivity index (χ3v) is 7.36. The second-order valence-electron chi connectivity index (χ2n) is 9.51. The molecule has 4 nitrogen and oxygen atoms in total. The Labute approximate surface area is 210 Å². The Morgan fingerprint density at radius 1 is 1.20 bits per heavy atom. The number of aromatic nitrogens is 3. The van der Waals surface area contributed by atoms with Gasteiger partial charge in [0.15, 0.2) is 0 Å². The molecule has 2 aromatic heterocycles. The molecule has 0 radical (unpaired) electrons. The molecule has 2 heterocycles. The number of halogens is 2. The highest BCUT2D eigenvalue weighted by Gasteiger charge is 2.25. The summed E-state index contributed by atoms with van der Waals surface area (Å²) in [5.74, 6) is 1.23. The number of anilines is 1. The average molecular weight is 489 g/mol. The molecule has 1 aliphatic carbocycles. The number of benzene rings is 2. The maximum atomic E-state index is 13.7. The highest BCUT2D eigenvalue weighted by atomic mass is 35.5. The number of fused-ring (bicyclic) bond motifs is 1. The summed E-state index contributed by atoms with van der Waals surface area (Å²) in [6, 6.07) is 13.5. The second-order valence-corrected chi connectivity index (χ2v) is 9.92. The molecule has 35 heavy (non-hydrogen) atoms. The van der Waals surface area contributed by atoms with E-state index in [2.05, 4.69) is 51.7 Å². The van der Waals surface area contributed by atoms with E-state index in [1.165, 1.54) is 38.2 Å². The van der Waals surface area contributed by atoms with Crippen LogP contribution in [0.2, 0.25) is 5.02 Å². The predicted molar refractivity (Wildman–Crippen MR) is 142 cm³/mol. The number of hydrogen-bond acceptors (Lipinski definition) is 3. The first-order chi connectivity index (χ1) is 17.0. The largest absolute Gasteiger partial charge is 0.367 e. The van der Waals surface area contributed by atoms with E-state index in [4.69, 9.17) is 11.6 Å². The lowest BCUT2D eigenvalue weighted by Gasteiger charge is -2.17. The van der Waals surface area contributed by atoms with Crippen LogP contribution in [0.25, 0.3) is 16.5 Å². The summed E-state index contributed by atoms with van der Waals surface area (Å²) in [5, 5.41) is 4.92. The molecule has 1 saturated carbocycles. The Bertz CT molecular complexity index is 1360. The molecule has 1 fully saturated rings. The highest BCUT2D eigenvalue weighted by Crippen LogP contribution is 2.36. The van der Waals surface area contributed by atoms with Crippen LogP contribution in [0.5, 0.6) is 0 Å². The van der Waals surface area contributed by atoms with Gasteiger partial charge in [0.05, 0.1) is 5.02 Å².